The van der Waals surface area contributed by atoms with Gasteiger partial charge in [-0.1, -0.05) is 12.1 Å². The van der Waals surface area contributed by atoms with E-state index in [-0.39, 0.29) is 23.6 Å². The predicted octanol–water partition coefficient (Wildman–Crippen LogP) is 4.52. The SMILES string of the molecule is CN(CCc1ccc(F)cc1)c1nnc(C23CC4CC(CC(C4)C2)C3)n1C.Cl. The molecule has 28 heavy (non-hydrogen) atoms. The van der Waals surface area contributed by atoms with Crippen molar-refractivity contribution >= 4 is 18.4 Å². The Morgan fingerprint density at radius 2 is 1.61 bits per heavy atom. The van der Waals surface area contributed by atoms with Crippen molar-refractivity contribution in [3.05, 3.63) is 41.5 Å². The van der Waals surface area contributed by atoms with Crippen LogP contribution in [-0.2, 0) is 18.9 Å². The monoisotopic (exact) mass is 404 g/mol. The highest BCUT2D eigenvalue weighted by Crippen LogP contribution is 2.60. The molecule has 0 saturated heterocycles. The zero-order valence-corrected chi connectivity index (χ0v) is 17.6. The van der Waals surface area contributed by atoms with Crippen molar-refractivity contribution in [1.82, 2.24) is 14.8 Å². The second kappa shape index (κ2) is 7.33. The van der Waals surface area contributed by atoms with Crippen LogP contribution in [0.1, 0.15) is 49.9 Å². The van der Waals surface area contributed by atoms with Crippen LogP contribution in [0.25, 0.3) is 0 Å². The smallest absolute Gasteiger partial charge is 0.226 e. The standard InChI is InChI=1S/C22H29FN4.ClH/c1-26(8-7-15-3-5-19(23)6-4-15)21-25-24-20(27(21)2)22-12-16-9-17(13-22)11-18(10-16)14-22;/h3-6,16-18H,7-14H2,1-2H3;1H. The maximum absolute atomic E-state index is 13.1. The molecule has 1 aromatic heterocycles. The molecular weight excluding hydrogens is 375 g/mol. The average molecular weight is 405 g/mol. The first-order valence-electron chi connectivity index (χ1n) is 10.4. The van der Waals surface area contributed by atoms with E-state index in [0.29, 0.717) is 0 Å². The highest BCUT2D eigenvalue weighted by atomic mass is 35.5. The van der Waals surface area contributed by atoms with Gasteiger partial charge < -0.3 is 4.90 Å². The quantitative estimate of drug-likeness (QED) is 0.734. The fourth-order valence-corrected chi connectivity index (χ4v) is 6.55. The summed E-state index contributed by atoms with van der Waals surface area (Å²) in [5.74, 6) is 4.71. The zero-order chi connectivity index (χ0) is 18.6. The Bertz CT molecular complexity index is 796. The van der Waals surface area contributed by atoms with Gasteiger partial charge in [-0.05, 0) is 80.4 Å². The Labute approximate surface area is 172 Å². The molecule has 4 fully saturated rings. The Kier molecular flexibility index (Phi) is 5.15. The molecule has 1 heterocycles. The second-order valence-corrected chi connectivity index (χ2v) is 9.38. The van der Waals surface area contributed by atoms with Gasteiger partial charge in [0.2, 0.25) is 5.95 Å². The highest BCUT2D eigenvalue weighted by Gasteiger charge is 2.53. The number of halogens is 2. The van der Waals surface area contributed by atoms with Crippen LogP contribution in [0.2, 0.25) is 0 Å². The van der Waals surface area contributed by atoms with Gasteiger partial charge in [0.05, 0.1) is 0 Å². The summed E-state index contributed by atoms with van der Waals surface area (Å²) in [6, 6.07) is 6.78. The molecular formula is C22H30ClFN4. The molecule has 4 nitrogen and oxygen atoms in total. The molecule has 4 aliphatic carbocycles. The Hall–Kier alpha value is -1.62. The van der Waals surface area contributed by atoms with E-state index in [9.17, 15) is 4.39 Å². The van der Waals surface area contributed by atoms with Crippen molar-refractivity contribution in [1.29, 1.82) is 0 Å². The number of benzene rings is 1. The number of hydrogen-bond donors (Lipinski definition) is 0. The van der Waals surface area contributed by atoms with Crippen molar-refractivity contribution < 1.29 is 4.39 Å². The third-order valence-electron chi connectivity index (χ3n) is 7.36. The molecule has 152 valence electrons. The molecule has 0 N–H and O–H groups in total. The summed E-state index contributed by atoms with van der Waals surface area (Å²) in [7, 11) is 4.22. The van der Waals surface area contributed by atoms with E-state index < -0.39 is 0 Å². The lowest BCUT2D eigenvalue weighted by molar-refractivity contribution is -0.0107. The highest BCUT2D eigenvalue weighted by molar-refractivity contribution is 5.85. The topological polar surface area (TPSA) is 34.0 Å². The molecule has 4 aliphatic rings. The third-order valence-corrected chi connectivity index (χ3v) is 7.36. The fraction of sp³-hybridized carbons (Fsp3) is 0.636. The lowest BCUT2D eigenvalue weighted by Gasteiger charge is -2.56. The van der Waals surface area contributed by atoms with Gasteiger partial charge >= 0.3 is 0 Å². The molecule has 4 saturated carbocycles. The first kappa shape index (κ1) is 19.7. The molecule has 0 aliphatic heterocycles. The molecule has 0 amide bonds. The molecule has 0 atom stereocenters. The van der Waals surface area contributed by atoms with Gasteiger partial charge in [0.25, 0.3) is 0 Å². The summed E-state index contributed by atoms with van der Waals surface area (Å²) in [5, 5.41) is 9.29. The zero-order valence-electron chi connectivity index (χ0n) is 16.8. The van der Waals surface area contributed by atoms with Crippen LogP contribution in [0, 0.1) is 23.6 Å². The largest absolute Gasteiger partial charge is 0.344 e. The molecule has 4 bridgehead atoms. The number of nitrogens with zero attached hydrogens (tertiary/aromatic N) is 4. The van der Waals surface area contributed by atoms with Gasteiger partial charge in [0, 0.05) is 26.1 Å². The van der Waals surface area contributed by atoms with Crippen LogP contribution in [0.4, 0.5) is 10.3 Å². The molecule has 0 unspecified atom stereocenters. The van der Waals surface area contributed by atoms with Crippen molar-refractivity contribution in [2.24, 2.45) is 24.8 Å². The minimum absolute atomic E-state index is 0. The molecule has 2 aromatic rings. The molecule has 6 heteroatoms. The van der Waals surface area contributed by atoms with E-state index >= 15 is 0 Å². The van der Waals surface area contributed by atoms with E-state index in [2.05, 4.69) is 28.7 Å². The van der Waals surface area contributed by atoms with Gasteiger partial charge in [-0.3, -0.25) is 4.57 Å². The van der Waals surface area contributed by atoms with Crippen molar-refractivity contribution in [3.8, 4) is 0 Å². The van der Waals surface area contributed by atoms with Gasteiger partial charge in [-0.2, -0.15) is 0 Å². The van der Waals surface area contributed by atoms with Gasteiger partial charge in [-0.15, -0.1) is 22.6 Å². The maximum atomic E-state index is 13.1. The summed E-state index contributed by atoms with van der Waals surface area (Å²) >= 11 is 0. The van der Waals surface area contributed by atoms with Crippen LogP contribution >= 0.6 is 12.4 Å². The van der Waals surface area contributed by atoms with Crippen LogP contribution in [0.5, 0.6) is 0 Å². The summed E-state index contributed by atoms with van der Waals surface area (Å²) in [5.41, 5.74) is 1.42. The fourth-order valence-electron chi connectivity index (χ4n) is 6.55. The summed E-state index contributed by atoms with van der Waals surface area (Å²) in [6.45, 7) is 0.846. The first-order chi connectivity index (χ1) is 13.0. The van der Waals surface area contributed by atoms with Crippen LogP contribution in [0.15, 0.2) is 24.3 Å². The third kappa shape index (κ3) is 3.32. The number of rotatable bonds is 5. The van der Waals surface area contributed by atoms with Crippen LogP contribution in [-0.4, -0.2) is 28.4 Å². The van der Waals surface area contributed by atoms with E-state index in [1.165, 1.54) is 56.5 Å². The molecule has 6 rings (SSSR count). The summed E-state index contributed by atoms with van der Waals surface area (Å²) in [6.07, 6.45) is 9.14. The molecule has 1 aromatic carbocycles. The predicted molar refractivity (Wildman–Crippen MR) is 111 cm³/mol. The van der Waals surface area contributed by atoms with E-state index in [1.54, 1.807) is 0 Å². The van der Waals surface area contributed by atoms with Gasteiger partial charge in [0.1, 0.15) is 11.6 Å². The Morgan fingerprint density at radius 3 is 2.18 bits per heavy atom. The van der Waals surface area contributed by atoms with E-state index in [4.69, 9.17) is 5.10 Å². The van der Waals surface area contributed by atoms with Crippen molar-refractivity contribution in [2.45, 2.75) is 50.4 Å². The van der Waals surface area contributed by atoms with E-state index in [1.807, 2.05) is 12.1 Å². The Balaban J connectivity index is 0.00000192. The number of likely N-dealkylation sites (N-methyl/N-ethyl adjacent to an activating group) is 1. The van der Waals surface area contributed by atoms with Gasteiger partial charge in [0.15, 0.2) is 0 Å². The van der Waals surface area contributed by atoms with Gasteiger partial charge in [-0.25, -0.2) is 4.39 Å². The normalized spacial score (nSPS) is 30.3. The minimum Gasteiger partial charge on any atom is -0.344 e. The van der Waals surface area contributed by atoms with Crippen LogP contribution in [0.3, 0.4) is 0 Å². The summed E-state index contributed by atoms with van der Waals surface area (Å²) < 4.78 is 15.3. The van der Waals surface area contributed by atoms with Crippen LogP contribution < -0.4 is 4.90 Å². The molecule has 0 spiro atoms. The average Bonchev–Trinajstić information content (AvgIpc) is 3.02. The van der Waals surface area contributed by atoms with Crippen molar-refractivity contribution in [3.63, 3.8) is 0 Å². The summed E-state index contributed by atoms with van der Waals surface area (Å²) in [4.78, 5) is 2.18. The number of aromatic nitrogens is 3. The lowest BCUT2D eigenvalue weighted by atomic mass is 9.49. The number of hydrogen-bond acceptors (Lipinski definition) is 3. The maximum Gasteiger partial charge on any atom is 0.226 e. The second-order valence-electron chi connectivity index (χ2n) is 9.38. The Morgan fingerprint density at radius 1 is 1.04 bits per heavy atom. The number of anilines is 1. The minimum atomic E-state index is -0.180. The molecule has 0 radical (unpaired) electrons. The first-order valence-corrected chi connectivity index (χ1v) is 10.4. The lowest BCUT2D eigenvalue weighted by Crippen LogP contribution is -2.49. The van der Waals surface area contributed by atoms with Crippen molar-refractivity contribution in [2.75, 3.05) is 18.5 Å². The van der Waals surface area contributed by atoms with E-state index in [0.717, 1.165) is 42.2 Å².